The normalized spacial score (nSPS) is 28.0. The first-order chi connectivity index (χ1) is 12.9. The van der Waals surface area contributed by atoms with Gasteiger partial charge >= 0.3 is 0 Å². The minimum Gasteiger partial charge on any atom is -0.376 e. The van der Waals surface area contributed by atoms with Crippen LogP contribution in [0.3, 0.4) is 0 Å². The number of nitrogens with one attached hydrogen (secondary N) is 2. The zero-order chi connectivity index (χ0) is 19.0. The van der Waals surface area contributed by atoms with Gasteiger partial charge in [0.1, 0.15) is 5.82 Å². The Kier molecular flexibility index (Phi) is 5.16. The zero-order valence-electron chi connectivity index (χ0n) is 15.2. The first-order valence-electron chi connectivity index (χ1n) is 9.77. The van der Waals surface area contributed by atoms with Gasteiger partial charge in [0, 0.05) is 55.6 Å². The lowest BCUT2D eigenvalue weighted by Crippen LogP contribution is -2.51. The average molecular weight is 382 g/mol. The molecule has 3 aliphatic rings. The molecule has 1 saturated carbocycles. The van der Waals surface area contributed by atoms with Crippen molar-refractivity contribution in [3.8, 4) is 0 Å². The number of amides is 1. The lowest BCUT2D eigenvalue weighted by molar-refractivity contribution is -0.0491. The van der Waals surface area contributed by atoms with E-state index in [0.717, 1.165) is 12.8 Å². The van der Waals surface area contributed by atoms with E-state index in [9.17, 15) is 18.0 Å². The Morgan fingerprint density at radius 3 is 2.78 bits per heavy atom. The maximum absolute atomic E-state index is 14.8. The fraction of sp³-hybridized carbons (Fsp3) is 0.650. The maximum atomic E-state index is 14.8. The standard InChI is InChI=1S/C20H25F3N2O2/c21-18-12(3-4-14-15(18)11-24-19(14)26)10-17-16(2-1-9-27-17)25-13-5-7-20(22,23)8-6-13/h3-4,13,16-17,25H,1-2,5-11H2,(H,24,26)/t16-,17+/m0/s1. The van der Waals surface area contributed by atoms with E-state index in [4.69, 9.17) is 4.74 Å². The monoisotopic (exact) mass is 382 g/mol. The molecule has 2 atom stereocenters. The molecule has 7 heteroatoms. The summed E-state index contributed by atoms with van der Waals surface area (Å²) in [5.74, 6) is -3.12. The van der Waals surface area contributed by atoms with Crippen molar-refractivity contribution in [3.63, 3.8) is 0 Å². The van der Waals surface area contributed by atoms with E-state index in [1.54, 1.807) is 12.1 Å². The number of hydrogen-bond donors (Lipinski definition) is 2. The van der Waals surface area contributed by atoms with Gasteiger partial charge < -0.3 is 15.4 Å². The van der Waals surface area contributed by atoms with Crippen LogP contribution in [0.4, 0.5) is 13.2 Å². The number of carbonyl (C=O) groups is 1. The van der Waals surface area contributed by atoms with Gasteiger partial charge in [-0.3, -0.25) is 4.79 Å². The number of hydrogen-bond acceptors (Lipinski definition) is 3. The number of carbonyl (C=O) groups excluding carboxylic acids is 1. The van der Waals surface area contributed by atoms with E-state index < -0.39 is 5.92 Å². The number of rotatable bonds is 4. The lowest BCUT2D eigenvalue weighted by atomic mass is 9.89. The van der Waals surface area contributed by atoms with E-state index >= 15 is 0 Å². The second kappa shape index (κ2) is 7.43. The predicted molar refractivity (Wildman–Crippen MR) is 94.4 cm³/mol. The maximum Gasteiger partial charge on any atom is 0.252 e. The van der Waals surface area contributed by atoms with Gasteiger partial charge in [-0.1, -0.05) is 6.07 Å². The summed E-state index contributed by atoms with van der Waals surface area (Å²) < 4.78 is 47.5. The molecule has 0 spiro atoms. The van der Waals surface area contributed by atoms with Gasteiger partial charge in [0.2, 0.25) is 5.92 Å². The second-order valence-electron chi connectivity index (χ2n) is 7.91. The molecule has 0 aromatic heterocycles. The Morgan fingerprint density at radius 1 is 1.22 bits per heavy atom. The number of fused-ring (bicyclic) bond motifs is 1. The lowest BCUT2D eigenvalue weighted by Gasteiger charge is -2.37. The molecular weight excluding hydrogens is 357 g/mol. The Morgan fingerprint density at radius 2 is 2.00 bits per heavy atom. The number of benzene rings is 1. The summed E-state index contributed by atoms with van der Waals surface area (Å²) in [7, 11) is 0. The zero-order valence-corrected chi connectivity index (χ0v) is 15.2. The van der Waals surface area contributed by atoms with Gasteiger partial charge in [0.05, 0.1) is 6.10 Å². The van der Waals surface area contributed by atoms with Crippen LogP contribution < -0.4 is 10.6 Å². The molecule has 2 fully saturated rings. The molecule has 2 heterocycles. The molecule has 4 rings (SSSR count). The summed E-state index contributed by atoms with van der Waals surface area (Å²) in [4.78, 5) is 11.7. The van der Waals surface area contributed by atoms with Crippen molar-refractivity contribution in [2.75, 3.05) is 6.61 Å². The molecule has 148 valence electrons. The van der Waals surface area contributed by atoms with Crippen LogP contribution >= 0.6 is 0 Å². The third-order valence-electron chi connectivity index (χ3n) is 6.02. The molecule has 0 unspecified atom stereocenters. The summed E-state index contributed by atoms with van der Waals surface area (Å²) in [6.45, 7) is 0.843. The molecule has 1 aromatic rings. The third-order valence-corrected chi connectivity index (χ3v) is 6.02. The van der Waals surface area contributed by atoms with Crippen molar-refractivity contribution in [1.29, 1.82) is 0 Å². The van der Waals surface area contributed by atoms with Crippen LogP contribution in [0.2, 0.25) is 0 Å². The summed E-state index contributed by atoms with van der Waals surface area (Å²) in [5, 5.41) is 6.14. The van der Waals surface area contributed by atoms with Crippen molar-refractivity contribution >= 4 is 5.91 Å². The molecule has 2 N–H and O–H groups in total. The van der Waals surface area contributed by atoms with Gasteiger partial charge in [-0.05, 0) is 37.3 Å². The highest BCUT2D eigenvalue weighted by Gasteiger charge is 2.37. The second-order valence-corrected chi connectivity index (χ2v) is 7.91. The summed E-state index contributed by atoms with van der Waals surface area (Å²) in [6, 6.07) is 3.42. The van der Waals surface area contributed by atoms with Gasteiger partial charge in [0.15, 0.2) is 0 Å². The van der Waals surface area contributed by atoms with Crippen LogP contribution in [0.5, 0.6) is 0 Å². The molecule has 27 heavy (non-hydrogen) atoms. The molecular formula is C20H25F3N2O2. The van der Waals surface area contributed by atoms with E-state index in [1.165, 1.54) is 0 Å². The summed E-state index contributed by atoms with van der Waals surface area (Å²) in [5.41, 5.74) is 1.37. The van der Waals surface area contributed by atoms with E-state index in [2.05, 4.69) is 10.6 Å². The molecule has 2 aliphatic heterocycles. The fourth-order valence-electron chi connectivity index (χ4n) is 4.43. The van der Waals surface area contributed by atoms with E-state index in [1.807, 2.05) is 0 Å². The number of ether oxygens (including phenoxy) is 1. The Labute approximate surface area is 156 Å². The topological polar surface area (TPSA) is 50.4 Å². The molecule has 0 radical (unpaired) electrons. The van der Waals surface area contributed by atoms with Crippen LogP contribution in [0, 0.1) is 5.82 Å². The van der Waals surface area contributed by atoms with Gasteiger partial charge in [-0.2, -0.15) is 0 Å². The Hall–Kier alpha value is -1.60. The first kappa shape index (κ1) is 18.7. The van der Waals surface area contributed by atoms with Gasteiger partial charge in [-0.25, -0.2) is 13.2 Å². The third kappa shape index (κ3) is 3.99. The highest BCUT2D eigenvalue weighted by molar-refractivity contribution is 5.98. The van der Waals surface area contributed by atoms with Crippen LogP contribution in [0.1, 0.15) is 60.0 Å². The smallest absolute Gasteiger partial charge is 0.252 e. The van der Waals surface area contributed by atoms with E-state index in [0.29, 0.717) is 42.6 Å². The highest BCUT2D eigenvalue weighted by atomic mass is 19.3. The minimum absolute atomic E-state index is 0.0304. The quantitative estimate of drug-likeness (QED) is 0.840. The van der Waals surface area contributed by atoms with Crippen LogP contribution in [-0.4, -0.2) is 36.6 Å². The predicted octanol–water partition coefficient (Wildman–Crippen LogP) is 3.33. The van der Waals surface area contributed by atoms with Gasteiger partial charge in [0.25, 0.3) is 5.91 Å². The molecule has 4 nitrogen and oxygen atoms in total. The first-order valence-corrected chi connectivity index (χ1v) is 9.77. The SMILES string of the molecule is O=C1NCc2c1ccc(C[C@H]1OCCC[C@@H]1NC1CCC(F)(F)CC1)c2F. The highest BCUT2D eigenvalue weighted by Crippen LogP contribution is 2.34. The van der Waals surface area contributed by atoms with Crippen molar-refractivity contribution in [3.05, 3.63) is 34.6 Å². The van der Waals surface area contributed by atoms with Crippen LogP contribution in [0.15, 0.2) is 12.1 Å². The van der Waals surface area contributed by atoms with Crippen molar-refractivity contribution < 1.29 is 22.7 Å². The van der Waals surface area contributed by atoms with Crippen molar-refractivity contribution in [1.82, 2.24) is 10.6 Å². The Balaban J connectivity index is 1.43. The van der Waals surface area contributed by atoms with Crippen molar-refractivity contribution in [2.24, 2.45) is 0 Å². The summed E-state index contributed by atoms with van der Waals surface area (Å²) in [6.07, 6.45) is 2.76. The van der Waals surface area contributed by atoms with E-state index in [-0.39, 0.29) is 49.3 Å². The molecule has 1 aliphatic carbocycles. The number of alkyl halides is 2. The van der Waals surface area contributed by atoms with Gasteiger partial charge in [-0.15, -0.1) is 0 Å². The number of halogens is 3. The molecule has 0 bridgehead atoms. The van der Waals surface area contributed by atoms with Crippen LogP contribution in [0.25, 0.3) is 0 Å². The Bertz CT molecular complexity index is 715. The largest absolute Gasteiger partial charge is 0.376 e. The minimum atomic E-state index is -2.54. The molecule has 1 aromatic carbocycles. The summed E-state index contributed by atoms with van der Waals surface area (Å²) >= 11 is 0. The molecule has 1 amide bonds. The van der Waals surface area contributed by atoms with Crippen molar-refractivity contribution in [2.45, 2.75) is 75.6 Å². The molecule has 1 saturated heterocycles. The fourth-order valence-corrected chi connectivity index (χ4v) is 4.43. The van der Waals surface area contributed by atoms with Crippen LogP contribution in [-0.2, 0) is 17.7 Å². The average Bonchev–Trinajstić information content (AvgIpc) is 3.02.